The fourth-order valence-electron chi connectivity index (χ4n) is 2.20. The fourth-order valence-corrected chi connectivity index (χ4v) is 2.20. The molecule has 1 amide bonds. The molecule has 2 aromatic rings. The smallest absolute Gasteiger partial charge is 0.224 e. The van der Waals surface area contributed by atoms with E-state index in [4.69, 9.17) is 4.74 Å². The molecular formula is C16H21N3O2. The predicted molar refractivity (Wildman–Crippen MR) is 81.5 cm³/mol. The lowest BCUT2D eigenvalue weighted by molar-refractivity contribution is -0.120. The molecule has 112 valence electrons. The number of carbonyl (C=O) groups is 1. The van der Waals surface area contributed by atoms with E-state index in [1.165, 1.54) is 5.56 Å². The van der Waals surface area contributed by atoms with Crippen LogP contribution in [0.4, 0.5) is 0 Å². The highest BCUT2D eigenvalue weighted by Gasteiger charge is 2.10. The molecule has 0 bridgehead atoms. The van der Waals surface area contributed by atoms with E-state index in [0.717, 1.165) is 29.1 Å². The Kier molecular flexibility index (Phi) is 4.98. The molecule has 0 fully saturated rings. The molecule has 0 saturated carbocycles. The first-order valence-corrected chi connectivity index (χ1v) is 7.00. The molecule has 1 aromatic heterocycles. The Balaban J connectivity index is 1.79. The number of nitrogens with one attached hydrogen (secondary N) is 2. The van der Waals surface area contributed by atoms with E-state index in [0.29, 0.717) is 13.0 Å². The van der Waals surface area contributed by atoms with Crippen molar-refractivity contribution < 1.29 is 9.53 Å². The third-order valence-electron chi connectivity index (χ3n) is 3.51. The Morgan fingerprint density at radius 3 is 2.57 bits per heavy atom. The molecule has 21 heavy (non-hydrogen) atoms. The van der Waals surface area contributed by atoms with Gasteiger partial charge in [0.1, 0.15) is 5.75 Å². The second-order valence-corrected chi connectivity index (χ2v) is 5.04. The molecule has 5 heteroatoms. The van der Waals surface area contributed by atoms with Crippen LogP contribution < -0.4 is 10.1 Å². The molecule has 1 aromatic carbocycles. The number of aromatic nitrogens is 2. The van der Waals surface area contributed by atoms with Crippen molar-refractivity contribution in [3.8, 4) is 5.75 Å². The van der Waals surface area contributed by atoms with Crippen molar-refractivity contribution in [2.45, 2.75) is 26.7 Å². The van der Waals surface area contributed by atoms with Gasteiger partial charge in [-0.05, 0) is 38.0 Å². The Morgan fingerprint density at radius 1 is 1.29 bits per heavy atom. The molecule has 0 atom stereocenters. The number of aromatic amines is 1. The van der Waals surface area contributed by atoms with Crippen LogP contribution in [0.5, 0.6) is 5.75 Å². The molecule has 0 saturated heterocycles. The van der Waals surface area contributed by atoms with Gasteiger partial charge in [-0.3, -0.25) is 9.89 Å². The van der Waals surface area contributed by atoms with Crippen molar-refractivity contribution >= 4 is 5.91 Å². The molecule has 0 aliphatic heterocycles. The standard InChI is InChI=1S/C16H21N3O2/c1-11-15(12(2)19-18-11)10-16(20)17-9-8-13-4-6-14(21-3)7-5-13/h4-7H,8-10H2,1-3H3,(H,17,20)(H,18,19). The zero-order chi connectivity index (χ0) is 15.2. The summed E-state index contributed by atoms with van der Waals surface area (Å²) in [7, 11) is 1.65. The average Bonchev–Trinajstić information content (AvgIpc) is 2.80. The second-order valence-electron chi connectivity index (χ2n) is 5.04. The summed E-state index contributed by atoms with van der Waals surface area (Å²) in [5.74, 6) is 0.866. The van der Waals surface area contributed by atoms with Gasteiger partial charge in [-0.1, -0.05) is 12.1 Å². The number of rotatable bonds is 6. The molecule has 2 rings (SSSR count). The van der Waals surface area contributed by atoms with Crippen molar-refractivity contribution in [2.24, 2.45) is 0 Å². The van der Waals surface area contributed by atoms with E-state index in [9.17, 15) is 4.79 Å². The SMILES string of the molecule is COc1ccc(CCNC(=O)Cc2c(C)n[nH]c2C)cc1. The zero-order valence-corrected chi connectivity index (χ0v) is 12.7. The molecule has 0 radical (unpaired) electrons. The normalized spacial score (nSPS) is 10.4. The van der Waals surface area contributed by atoms with Crippen molar-refractivity contribution in [1.82, 2.24) is 15.5 Å². The number of hydrogen-bond donors (Lipinski definition) is 2. The number of nitrogens with zero attached hydrogens (tertiary/aromatic N) is 1. The van der Waals surface area contributed by atoms with Gasteiger partial charge in [0.05, 0.1) is 19.2 Å². The van der Waals surface area contributed by atoms with Crippen LogP contribution in [0, 0.1) is 13.8 Å². The van der Waals surface area contributed by atoms with Crippen molar-refractivity contribution in [2.75, 3.05) is 13.7 Å². The van der Waals surface area contributed by atoms with Gasteiger partial charge < -0.3 is 10.1 Å². The average molecular weight is 287 g/mol. The van der Waals surface area contributed by atoms with Crippen molar-refractivity contribution in [3.63, 3.8) is 0 Å². The summed E-state index contributed by atoms with van der Waals surface area (Å²) in [6, 6.07) is 7.87. The summed E-state index contributed by atoms with van der Waals surface area (Å²) < 4.78 is 5.11. The summed E-state index contributed by atoms with van der Waals surface area (Å²) in [4.78, 5) is 11.9. The van der Waals surface area contributed by atoms with Gasteiger partial charge in [0.15, 0.2) is 0 Å². The van der Waals surface area contributed by atoms with E-state index in [1.807, 2.05) is 38.1 Å². The number of methoxy groups -OCH3 is 1. The summed E-state index contributed by atoms with van der Waals surface area (Å²) in [5.41, 5.74) is 4.00. The highest BCUT2D eigenvalue weighted by molar-refractivity contribution is 5.79. The predicted octanol–water partition coefficient (Wildman–Crippen LogP) is 1.94. The van der Waals surface area contributed by atoms with Crippen LogP contribution in [0.3, 0.4) is 0 Å². The monoisotopic (exact) mass is 287 g/mol. The highest BCUT2D eigenvalue weighted by Crippen LogP contribution is 2.12. The van der Waals surface area contributed by atoms with Gasteiger partial charge in [-0.2, -0.15) is 5.10 Å². The summed E-state index contributed by atoms with van der Waals surface area (Å²) in [6.07, 6.45) is 1.18. The molecule has 1 heterocycles. The number of benzene rings is 1. The third kappa shape index (κ3) is 4.08. The van der Waals surface area contributed by atoms with Crippen LogP contribution in [-0.2, 0) is 17.6 Å². The van der Waals surface area contributed by atoms with E-state index >= 15 is 0 Å². The molecule has 0 spiro atoms. The summed E-state index contributed by atoms with van der Waals surface area (Å²) in [5, 5.41) is 9.93. The topological polar surface area (TPSA) is 67.0 Å². The highest BCUT2D eigenvalue weighted by atomic mass is 16.5. The molecule has 0 aliphatic rings. The van der Waals surface area contributed by atoms with Crippen LogP contribution in [0.1, 0.15) is 22.5 Å². The van der Waals surface area contributed by atoms with Crippen LogP contribution in [0.25, 0.3) is 0 Å². The maximum atomic E-state index is 11.9. The first kappa shape index (κ1) is 15.1. The Bertz CT molecular complexity index is 583. The first-order valence-electron chi connectivity index (χ1n) is 7.00. The quantitative estimate of drug-likeness (QED) is 0.853. The number of amides is 1. The molecule has 2 N–H and O–H groups in total. The summed E-state index contributed by atoms with van der Waals surface area (Å²) in [6.45, 7) is 4.46. The van der Waals surface area contributed by atoms with E-state index in [-0.39, 0.29) is 5.91 Å². The second kappa shape index (κ2) is 6.92. The van der Waals surface area contributed by atoms with Crippen LogP contribution in [0.2, 0.25) is 0 Å². The van der Waals surface area contributed by atoms with Crippen LogP contribution in [0.15, 0.2) is 24.3 Å². The number of aryl methyl sites for hydroxylation is 2. The van der Waals surface area contributed by atoms with Crippen LogP contribution >= 0.6 is 0 Å². The third-order valence-corrected chi connectivity index (χ3v) is 3.51. The minimum atomic E-state index is 0.0242. The number of H-pyrrole nitrogens is 1. The number of ether oxygens (including phenoxy) is 1. The van der Waals surface area contributed by atoms with Gasteiger partial charge in [-0.15, -0.1) is 0 Å². The number of hydrogen-bond acceptors (Lipinski definition) is 3. The lowest BCUT2D eigenvalue weighted by Crippen LogP contribution is -2.27. The zero-order valence-electron chi connectivity index (χ0n) is 12.7. The van der Waals surface area contributed by atoms with Gasteiger partial charge in [0.2, 0.25) is 5.91 Å². The van der Waals surface area contributed by atoms with E-state index in [1.54, 1.807) is 7.11 Å². The van der Waals surface area contributed by atoms with Gasteiger partial charge >= 0.3 is 0 Å². The maximum Gasteiger partial charge on any atom is 0.224 e. The lowest BCUT2D eigenvalue weighted by atomic mass is 10.1. The van der Waals surface area contributed by atoms with Gasteiger partial charge in [-0.25, -0.2) is 0 Å². The van der Waals surface area contributed by atoms with Gasteiger partial charge in [0, 0.05) is 17.8 Å². The molecule has 0 aliphatic carbocycles. The van der Waals surface area contributed by atoms with Crippen LogP contribution in [-0.4, -0.2) is 29.8 Å². The first-order chi connectivity index (χ1) is 10.1. The van der Waals surface area contributed by atoms with Crippen molar-refractivity contribution in [1.29, 1.82) is 0 Å². The molecular weight excluding hydrogens is 266 g/mol. The van der Waals surface area contributed by atoms with Crippen molar-refractivity contribution in [3.05, 3.63) is 46.8 Å². The molecule has 0 unspecified atom stereocenters. The Morgan fingerprint density at radius 2 is 2.00 bits per heavy atom. The Labute approximate surface area is 124 Å². The van der Waals surface area contributed by atoms with E-state index in [2.05, 4.69) is 15.5 Å². The number of carbonyl (C=O) groups excluding carboxylic acids is 1. The minimum Gasteiger partial charge on any atom is -0.497 e. The van der Waals surface area contributed by atoms with Gasteiger partial charge in [0.25, 0.3) is 0 Å². The minimum absolute atomic E-state index is 0.0242. The fraction of sp³-hybridized carbons (Fsp3) is 0.375. The Hall–Kier alpha value is -2.30. The largest absolute Gasteiger partial charge is 0.497 e. The lowest BCUT2D eigenvalue weighted by Gasteiger charge is -2.06. The maximum absolute atomic E-state index is 11.9. The summed E-state index contributed by atoms with van der Waals surface area (Å²) >= 11 is 0. The van der Waals surface area contributed by atoms with E-state index < -0.39 is 0 Å². The molecule has 5 nitrogen and oxygen atoms in total.